The van der Waals surface area contributed by atoms with E-state index in [1.807, 2.05) is 17.0 Å². The summed E-state index contributed by atoms with van der Waals surface area (Å²) in [7, 11) is 1.32. The number of para-hydroxylation sites is 1. The Morgan fingerprint density at radius 1 is 1.29 bits per heavy atom. The molecule has 110 valence electrons. The van der Waals surface area contributed by atoms with E-state index in [0.29, 0.717) is 13.1 Å². The number of esters is 1. The summed E-state index contributed by atoms with van der Waals surface area (Å²) in [5.74, 6) is -1.08. The van der Waals surface area contributed by atoms with Crippen molar-refractivity contribution in [2.24, 2.45) is 5.92 Å². The Balaban J connectivity index is 1.64. The number of aromatic nitrogens is 1. The molecule has 21 heavy (non-hydrogen) atoms. The zero-order chi connectivity index (χ0) is 14.8. The van der Waals surface area contributed by atoms with Crippen LogP contribution in [-0.4, -0.2) is 48.0 Å². The monoisotopic (exact) mass is 286 g/mol. The van der Waals surface area contributed by atoms with Crippen LogP contribution in [0.4, 0.5) is 0 Å². The predicted octanol–water partition coefficient (Wildman–Crippen LogP) is 1.32. The molecule has 0 saturated carbocycles. The summed E-state index contributed by atoms with van der Waals surface area (Å²) in [6.07, 6.45) is 2.06. The summed E-state index contributed by atoms with van der Waals surface area (Å²) in [4.78, 5) is 25.3. The Bertz CT molecular complexity index is 677. The van der Waals surface area contributed by atoms with E-state index in [-0.39, 0.29) is 5.78 Å². The van der Waals surface area contributed by atoms with E-state index in [1.54, 1.807) is 0 Å². The van der Waals surface area contributed by atoms with Gasteiger partial charge in [0.1, 0.15) is 5.92 Å². The number of fused-ring (bicyclic) bond motifs is 1. The topological polar surface area (TPSA) is 51.5 Å². The Kier molecular flexibility index (Phi) is 3.75. The molecule has 0 N–H and O–H groups in total. The molecular weight excluding hydrogens is 268 g/mol. The average molecular weight is 286 g/mol. The van der Waals surface area contributed by atoms with Gasteiger partial charge in [-0.2, -0.15) is 0 Å². The van der Waals surface area contributed by atoms with Crippen molar-refractivity contribution in [2.45, 2.75) is 6.54 Å². The maximum atomic E-state index is 11.8. The van der Waals surface area contributed by atoms with Crippen LogP contribution in [0.1, 0.15) is 0 Å². The Morgan fingerprint density at radius 3 is 2.90 bits per heavy atom. The first kappa shape index (κ1) is 13.8. The number of carbonyl (C=O) groups excluding carboxylic acids is 2. The summed E-state index contributed by atoms with van der Waals surface area (Å²) >= 11 is 0. The van der Waals surface area contributed by atoms with Crippen LogP contribution in [0.2, 0.25) is 0 Å². The fourth-order valence-electron chi connectivity index (χ4n) is 2.86. The van der Waals surface area contributed by atoms with Gasteiger partial charge < -0.3 is 9.30 Å². The highest BCUT2D eigenvalue weighted by molar-refractivity contribution is 6.01. The summed E-state index contributed by atoms with van der Waals surface area (Å²) in [6.45, 7) is 2.34. The molecule has 0 aliphatic carbocycles. The van der Waals surface area contributed by atoms with Gasteiger partial charge in [0.25, 0.3) is 0 Å². The highest BCUT2D eigenvalue weighted by atomic mass is 16.5. The van der Waals surface area contributed by atoms with Crippen LogP contribution >= 0.6 is 0 Å². The summed E-state index contributed by atoms with van der Waals surface area (Å²) in [5, 5.41) is 1.21. The first-order valence-corrected chi connectivity index (χ1v) is 7.06. The lowest BCUT2D eigenvalue weighted by Crippen LogP contribution is -2.27. The van der Waals surface area contributed by atoms with Crippen molar-refractivity contribution in [1.29, 1.82) is 0 Å². The largest absolute Gasteiger partial charge is 0.468 e. The number of methoxy groups -OCH3 is 1. The molecule has 3 rings (SSSR count). The minimum atomic E-state index is -0.614. The van der Waals surface area contributed by atoms with Gasteiger partial charge in [0, 0.05) is 31.3 Å². The van der Waals surface area contributed by atoms with Crippen LogP contribution in [0.5, 0.6) is 0 Å². The number of rotatable bonds is 4. The van der Waals surface area contributed by atoms with Crippen molar-refractivity contribution in [3.05, 3.63) is 36.5 Å². The van der Waals surface area contributed by atoms with Crippen LogP contribution < -0.4 is 0 Å². The second kappa shape index (κ2) is 5.69. The van der Waals surface area contributed by atoms with Crippen molar-refractivity contribution in [1.82, 2.24) is 9.47 Å². The summed E-state index contributed by atoms with van der Waals surface area (Å²) in [6, 6.07) is 10.3. The van der Waals surface area contributed by atoms with Crippen molar-refractivity contribution >= 4 is 22.7 Å². The molecule has 1 aliphatic heterocycles. The molecule has 2 heterocycles. The lowest BCUT2D eigenvalue weighted by atomic mass is 10.1. The van der Waals surface area contributed by atoms with E-state index in [0.717, 1.165) is 13.1 Å². The molecule has 1 atom stereocenters. The van der Waals surface area contributed by atoms with E-state index in [1.165, 1.54) is 18.0 Å². The number of hydrogen-bond donors (Lipinski definition) is 0. The van der Waals surface area contributed by atoms with Gasteiger partial charge in [-0.05, 0) is 17.5 Å². The molecule has 0 bridgehead atoms. The molecule has 1 fully saturated rings. The lowest BCUT2D eigenvalue weighted by molar-refractivity contribution is -0.147. The maximum absolute atomic E-state index is 11.8. The van der Waals surface area contributed by atoms with Crippen molar-refractivity contribution in [3.63, 3.8) is 0 Å². The Morgan fingerprint density at radius 2 is 2.10 bits per heavy atom. The number of ketones is 1. The number of benzene rings is 1. The van der Waals surface area contributed by atoms with Crippen molar-refractivity contribution in [2.75, 3.05) is 26.7 Å². The van der Waals surface area contributed by atoms with E-state index >= 15 is 0 Å². The maximum Gasteiger partial charge on any atom is 0.317 e. The summed E-state index contributed by atoms with van der Waals surface area (Å²) in [5.41, 5.74) is 1.19. The Labute approximate surface area is 123 Å². The van der Waals surface area contributed by atoms with Gasteiger partial charge >= 0.3 is 5.97 Å². The van der Waals surface area contributed by atoms with Gasteiger partial charge in [-0.25, -0.2) is 0 Å². The standard InChI is InChI=1S/C16H18N2O3/c1-21-16(20)13-10-17(11-15(13)19)8-9-18-7-6-12-4-2-3-5-14(12)18/h2-7,13H,8-11H2,1H3. The molecule has 1 aromatic heterocycles. The minimum absolute atomic E-state index is 0.0424. The summed E-state index contributed by atoms with van der Waals surface area (Å²) < 4.78 is 6.84. The highest BCUT2D eigenvalue weighted by Crippen LogP contribution is 2.17. The van der Waals surface area contributed by atoms with Gasteiger partial charge in [0.15, 0.2) is 5.78 Å². The first-order chi connectivity index (χ1) is 10.2. The number of nitrogens with zero attached hydrogens (tertiary/aromatic N) is 2. The van der Waals surface area contributed by atoms with Crippen molar-refractivity contribution in [3.8, 4) is 0 Å². The van der Waals surface area contributed by atoms with E-state index in [4.69, 9.17) is 0 Å². The third-order valence-electron chi connectivity index (χ3n) is 4.03. The Hall–Kier alpha value is -2.14. The minimum Gasteiger partial charge on any atom is -0.468 e. The molecular formula is C16H18N2O3. The first-order valence-electron chi connectivity index (χ1n) is 7.06. The van der Waals surface area contributed by atoms with Gasteiger partial charge in [-0.1, -0.05) is 18.2 Å². The van der Waals surface area contributed by atoms with Crippen LogP contribution in [0.15, 0.2) is 36.5 Å². The number of hydrogen-bond acceptors (Lipinski definition) is 4. The van der Waals surface area contributed by atoms with Crippen LogP contribution in [0, 0.1) is 5.92 Å². The van der Waals surface area contributed by atoms with Crippen LogP contribution in [0.25, 0.3) is 10.9 Å². The number of Topliss-reactive ketones (excluding diaryl/α,β-unsaturated/α-hetero) is 1. The second-order valence-electron chi connectivity index (χ2n) is 5.35. The predicted molar refractivity (Wildman–Crippen MR) is 78.9 cm³/mol. The lowest BCUT2D eigenvalue weighted by Gasteiger charge is -2.15. The smallest absolute Gasteiger partial charge is 0.317 e. The quantitative estimate of drug-likeness (QED) is 0.628. The normalized spacial score (nSPS) is 19.3. The average Bonchev–Trinajstić information content (AvgIpc) is 3.08. The molecule has 5 heteroatoms. The number of likely N-dealkylation sites (tertiary alicyclic amines) is 1. The van der Waals surface area contributed by atoms with Crippen molar-refractivity contribution < 1.29 is 14.3 Å². The molecule has 0 radical (unpaired) electrons. The molecule has 2 aromatic rings. The molecule has 1 unspecified atom stereocenters. The highest BCUT2D eigenvalue weighted by Gasteiger charge is 2.36. The zero-order valence-corrected chi connectivity index (χ0v) is 12.0. The van der Waals surface area contributed by atoms with Gasteiger partial charge in [-0.3, -0.25) is 14.5 Å². The second-order valence-corrected chi connectivity index (χ2v) is 5.35. The molecule has 1 aromatic carbocycles. The fraction of sp³-hybridized carbons (Fsp3) is 0.375. The van der Waals surface area contributed by atoms with E-state index in [2.05, 4.69) is 33.7 Å². The van der Waals surface area contributed by atoms with Gasteiger partial charge in [-0.15, -0.1) is 0 Å². The van der Waals surface area contributed by atoms with Gasteiger partial charge in [0.2, 0.25) is 0 Å². The molecule has 1 aliphatic rings. The number of ether oxygens (including phenoxy) is 1. The van der Waals surface area contributed by atoms with Gasteiger partial charge in [0.05, 0.1) is 13.7 Å². The molecule has 0 spiro atoms. The van der Waals surface area contributed by atoms with E-state index in [9.17, 15) is 9.59 Å². The van der Waals surface area contributed by atoms with Crippen LogP contribution in [-0.2, 0) is 20.9 Å². The zero-order valence-electron chi connectivity index (χ0n) is 12.0. The van der Waals surface area contributed by atoms with E-state index < -0.39 is 11.9 Å². The molecule has 1 saturated heterocycles. The third-order valence-corrected chi connectivity index (χ3v) is 4.03. The van der Waals surface area contributed by atoms with Crippen LogP contribution in [0.3, 0.4) is 0 Å². The SMILES string of the molecule is COC(=O)C1CN(CCn2ccc3ccccc32)CC1=O. The third kappa shape index (κ3) is 2.69. The fourth-order valence-corrected chi connectivity index (χ4v) is 2.86. The molecule has 0 amide bonds. The molecule has 5 nitrogen and oxygen atoms in total. The number of carbonyl (C=O) groups is 2.